The van der Waals surface area contributed by atoms with E-state index >= 15 is 0 Å². The van der Waals surface area contributed by atoms with Gasteiger partial charge in [0, 0.05) is 33.2 Å². The SMILES string of the molecule is C[C@H]1C[C@@H]2C[C@H](C1)C1(c3ccccc3-c3ccc(N(c4ccc(-c5ccc(-c6ccccc6)cc5)cc4)c4ccc(-c5ccc6c(c5)oc5ccccc56)cc4)cc31)[C@H](C)C2. The van der Waals surface area contributed by atoms with Crippen LogP contribution in [0, 0.1) is 23.7 Å². The predicted molar refractivity (Wildman–Crippen MR) is 255 cm³/mol. The number of furan rings is 1. The van der Waals surface area contributed by atoms with Crippen molar-refractivity contribution in [3.63, 3.8) is 0 Å². The maximum Gasteiger partial charge on any atom is 0.136 e. The Labute approximate surface area is 359 Å². The molecule has 0 amide bonds. The van der Waals surface area contributed by atoms with Gasteiger partial charge in [0.2, 0.25) is 0 Å². The third kappa shape index (κ3) is 5.83. The van der Waals surface area contributed by atoms with E-state index in [1.807, 2.05) is 12.1 Å². The van der Waals surface area contributed by atoms with Gasteiger partial charge in [-0.1, -0.05) is 147 Å². The number of hydrogen-bond donors (Lipinski definition) is 0. The van der Waals surface area contributed by atoms with Crippen molar-refractivity contribution in [2.75, 3.05) is 4.90 Å². The largest absolute Gasteiger partial charge is 0.456 e. The van der Waals surface area contributed by atoms with Gasteiger partial charge < -0.3 is 9.32 Å². The van der Waals surface area contributed by atoms with Gasteiger partial charge >= 0.3 is 0 Å². The second-order valence-corrected chi connectivity index (χ2v) is 18.3. The zero-order chi connectivity index (χ0) is 40.7. The molecule has 2 heteroatoms. The molecule has 0 saturated heterocycles. The summed E-state index contributed by atoms with van der Waals surface area (Å²) in [6.07, 6.45) is 5.33. The second-order valence-electron chi connectivity index (χ2n) is 18.3. The normalized spacial score (nSPS) is 21.4. The molecule has 2 nitrogen and oxygen atoms in total. The highest BCUT2D eigenvalue weighted by atomic mass is 16.3. The van der Waals surface area contributed by atoms with Crippen LogP contribution >= 0.6 is 0 Å². The highest BCUT2D eigenvalue weighted by molar-refractivity contribution is 6.06. The monoisotopic (exact) mass is 787 g/mol. The Morgan fingerprint density at radius 3 is 1.72 bits per heavy atom. The third-order valence-electron chi connectivity index (χ3n) is 14.8. The summed E-state index contributed by atoms with van der Waals surface area (Å²) in [5, 5.41) is 2.31. The molecule has 5 atom stereocenters. The molecular formula is C59H49NO. The van der Waals surface area contributed by atoms with Crippen LogP contribution in [0.5, 0.6) is 0 Å². The van der Waals surface area contributed by atoms with E-state index in [4.69, 9.17) is 4.42 Å². The number of benzene rings is 8. The van der Waals surface area contributed by atoms with Gasteiger partial charge in [0.15, 0.2) is 0 Å². The minimum atomic E-state index is 0.0215. The Balaban J connectivity index is 0.963. The van der Waals surface area contributed by atoms with E-state index in [0.717, 1.165) is 50.7 Å². The van der Waals surface area contributed by atoms with Gasteiger partial charge in [-0.15, -0.1) is 0 Å². The zero-order valence-corrected chi connectivity index (χ0v) is 34.9. The van der Waals surface area contributed by atoms with Crippen molar-refractivity contribution in [3.8, 4) is 44.5 Å². The fraction of sp³-hybridized carbons (Fsp3) is 0.186. The van der Waals surface area contributed by atoms with E-state index in [9.17, 15) is 0 Å². The molecule has 2 bridgehead atoms. The first-order chi connectivity index (χ1) is 30.0. The minimum absolute atomic E-state index is 0.0215. The zero-order valence-electron chi connectivity index (χ0n) is 34.9. The summed E-state index contributed by atoms with van der Waals surface area (Å²) in [5.74, 6) is 2.82. The van der Waals surface area contributed by atoms with Gasteiger partial charge in [-0.05, 0) is 160 Å². The third-order valence-corrected chi connectivity index (χ3v) is 14.8. The molecule has 1 aromatic heterocycles. The number of hydrogen-bond acceptors (Lipinski definition) is 2. The lowest BCUT2D eigenvalue weighted by Gasteiger charge is -2.54. The van der Waals surface area contributed by atoms with E-state index in [1.165, 1.54) is 75.9 Å². The van der Waals surface area contributed by atoms with Crippen molar-refractivity contribution in [1.29, 1.82) is 0 Å². The molecule has 296 valence electrons. The Bertz CT molecular complexity index is 3060. The van der Waals surface area contributed by atoms with Crippen molar-refractivity contribution < 1.29 is 4.42 Å². The second kappa shape index (κ2) is 14.2. The van der Waals surface area contributed by atoms with E-state index in [0.29, 0.717) is 11.8 Å². The van der Waals surface area contributed by atoms with Crippen LogP contribution in [0.4, 0.5) is 17.1 Å². The maximum atomic E-state index is 6.30. The fourth-order valence-corrected chi connectivity index (χ4v) is 12.3. The molecule has 3 aliphatic carbocycles. The smallest absolute Gasteiger partial charge is 0.136 e. The highest BCUT2D eigenvalue weighted by Gasteiger charge is 2.56. The highest BCUT2D eigenvalue weighted by Crippen LogP contribution is 2.65. The Hall–Kier alpha value is -6.64. The summed E-state index contributed by atoms with van der Waals surface area (Å²) in [5.41, 5.74) is 18.5. The minimum Gasteiger partial charge on any atom is -0.456 e. The first kappa shape index (κ1) is 36.2. The number of rotatable bonds is 6. The topological polar surface area (TPSA) is 16.4 Å². The molecule has 3 aliphatic rings. The lowest BCUT2D eigenvalue weighted by Crippen LogP contribution is -2.49. The van der Waals surface area contributed by atoms with Crippen LogP contribution in [-0.2, 0) is 5.41 Å². The number of fused-ring (bicyclic) bond motifs is 11. The van der Waals surface area contributed by atoms with Crippen molar-refractivity contribution in [3.05, 3.63) is 199 Å². The Kier molecular flexibility index (Phi) is 8.46. The van der Waals surface area contributed by atoms with Crippen LogP contribution in [0.15, 0.2) is 192 Å². The number of para-hydroxylation sites is 1. The lowest BCUT2D eigenvalue weighted by molar-refractivity contribution is 0.0426. The molecule has 12 rings (SSSR count). The molecule has 9 aromatic rings. The van der Waals surface area contributed by atoms with Gasteiger partial charge in [0.05, 0.1) is 0 Å². The van der Waals surface area contributed by atoms with Crippen LogP contribution in [0.1, 0.15) is 50.7 Å². The van der Waals surface area contributed by atoms with Crippen LogP contribution in [-0.4, -0.2) is 0 Å². The quantitative estimate of drug-likeness (QED) is 0.167. The molecule has 0 aliphatic heterocycles. The van der Waals surface area contributed by atoms with E-state index in [-0.39, 0.29) is 5.41 Å². The number of anilines is 3. The van der Waals surface area contributed by atoms with Gasteiger partial charge in [0.1, 0.15) is 11.2 Å². The van der Waals surface area contributed by atoms with E-state index < -0.39 is 0 Å². The van der Waals surface area contributed by atoms with E-state index in [2.05, 4.69) is 195 Å². The molecule has 2 fully saturated rings. The Morgan fingerprint density at radius 1 is 0.426 bits per heavy atom. The van der Waals surface area contributed by atoms with Crippen molar-refractivity contribution in [2.45, 2.75) is 44.9 Å². The molecular weight excluding hydrogens is 739 g/mol. The Morgan fingerprint density at radius 2 is 0.984 bits per heavy atom. The first-order valence-electron chi connectivity index (χ1n) is 22.3. The molecule has 1 unspecified atom stereocenters. The molecule has 8 aromatic carbocycles. The van der Waals surface area contributed by atoms with Crippen molar-refractivity contribution in [1.82, 2.24) is 0 Å². The lowest BCUT2D eigenvalue weighted by atomic mass is 9.49. The average molecular weight is 788 g/mol. The summed E-state index contributed by atoms with van der Waals surface area (Å²) in [6.45, 7) is 5.07. The fourth-order valence-electron chi connectivity index (χ4n) is 12.3. The summed E-state index contributed by atoms with van der Waals surface area (Å²) >= 11 is 0. The molecule has 61 heavy (non-hydrogen) atoms. The molecule has 0 N–H and O–H groups in total. The van der Waals surface area contributed by atoms with Crippen molar-refractivity contribution >= 4 is 39.0 Å². The summed E-state index contributed by atoms with van der Waals surface area (Å²) in [7, 11) is 0. The molecule has 2 saturated carbocycles. The molecule has 0 radical (unpaired) electrons. The predicted octanol–water partition coefficient (Wildman–Crippen LogP) is 16.4. The molecule has 1 spiro atoms. The number of nitrogens with zero attached hydrogens (tertiary/aromatic N) is 1. The van der Waals surface area contributed by atoms with Crippen LogP contribution in [0.3, 0.4) is 0 Å². The maximum absolute atomic E-state index is 6.30. The van der Waals surface area contributed by atoms with Crippen LogP contribution in [0.25, 0.3) is 66.4 Å². The van der Waals surface area contributed by atoms with Crippen molar-refractivity contribution in [2.24, 2.45) is 23.7 Å². The average Bonchev–Trinajstić information content (AvgIpc) is 3.82. The first-order valence-corrected chi connectivity index (χ1v) is 22.3. The van der Waals surface area contributed by atoms with E-state index in [1.54, 1.807) is 5.56 Å². The standard InChI is InChI=1S/C59H49NO/c1-38-32-40-34-39(2)59(47(33-38)35-40)55-14-8-6-12-51(55)52-31-29-50(37-56(52)59)60(48-25-20-44(21-26-48)43-18-16-42(17-19-43)41-10-4-3-5-11-41)49-27-22-45(23-28-49)46-24-30-54-53-13-7-9-15-57(53)61-58(54)36-46/h3-31,36-40,47H,32-35H2,1-2H3/t38-,39+,40-,47-,59?/m0/s1. The van der Waals surface area contributed by atoms with Crippen LogP contribution in [0.2, 0.25) is 0 Å². The van der Waals surface area contributed by atoms with Gasteiger partial charge in [-0.2, -0.15) is 0 Å². The molecule has 1 heterocycles. The van der Waals surface area contributed by atoms with Gasteiger partial charge in [-0.25, -0.2) is 0 Å². The summed E-state index contributed by atoms with van der Waals surface area (Å²) in [6, 6.07) is 69.6. The van der Waals surface area contributed by atoms with Gasteiger partial charge in [0.25, 0.3) is 0 Å². The summed E-state index contributed by atoms with van der Waals surface area (Å²) < 4.78 is 6.30. The summed E-state index contributed by atoms with van der Waals surface area (Å²) in [4.78, 5) is 2.48. The van der Waals surface area contributed by atoms with Gasteiger partial charge in [-0.3, -0.25) is 0 Å². The van der Waals surface area contributed by atoms with Crippen LogP contribution < -0.4 is 4.90 Å².